The molecule has 0 aliphatic carbocycles. The van der Waals surface area contributed by atoms with Crippen LogP contribution in [0.1, 0.15) is 55.1 Å². The van der Waals surface area contributed by atoms with E-state index in [1.54, 1.807) is 13.1 Å². The van der Waals surface area contributed by atoms with E-state index in [1.807, 2.05) is 30.3 Å². The average Bonchev–Trinajstić information content (AvgIpc) is 2.47. The fraction of sp³-hybridized carbons (Fsp3) is 0.389. The minimum atomic E-state index is -0.367. The van der Waals surface area contributed by atoms with Gasteiger partial charge in [-0.05, 0) is 12.5 Å². The van der Waals surface area contributed by atoms with Gasteiger partial charge in [-0.15, -0.1) is 0 Å². The molecule has 0 aliphatic rings. The van der Waals surface area contributed by atoms with Crippen LogP contribution in [0.5, 0.6) is 0 Å². The monoisotopic (exact) mass is 298 g/mol. The molecule has 1 heterocycles. The van der Waals surface area contributed by atoms with Crippen molar-refractivity contribution in [1.82, 2.24) is 9.97 Å². The van der Waals surface area contributed by atoms with Gasteiger partial charge in [0.15, 0.2) is 0 Å². The highest BCUT2D eigenvalue weighted by Crippen LogP contribution is 2.21. The molecule has 0 fully saturated rings. The third-order valence-electron chi connectivity index (χ3n) is 3.25. The zero-order chi connectivity index (χ0) is 16.2. The van der Waals surface area contributed by atoms with E-state index >= 15 is 0 Å². The Hall–Kier alpha value is -2.23. The summed E-state index contributed by atoms with van der Waals surface area (Å²) in [6.07, 6.45) is 2.17. The zero-order valence-corrected chi connectivity index (χ0v) is 13.6. The third-order valence-corrected chi connectivity index (χ3v) is 3.25. The predicted molar refractivity (Wildman–Crippen MR) is 85.9 cm³/mol. The topological polar surface area (TPSA) is 52.1 Å². The van der Waals surface area contributed by atoms with Gasteiger partial charge in [-0.25, -0.2) is 14.8 Å². The molecule has 22 heavy (non-hydrogen) atoms. The molecule has 0 bridgehead atoms. The van der Waals surface area contributed by atoms with Gasteiger partial charge < -0.3 is 4.74 Å². The SMILES string of the molecule is CCOC(=O)c1cnc(C(C)(C)C)nc1Cc1ccccc1. The van der Waals surface area contributed by atoms with Crippen LogP contribution < -0.4 is 0 Å². The van der Waals surface area contributed by atoms with Crippen LogP contribution >= 0.6 is 0 Å². The summed E-state index contributed by atoms with van der Waals surface area (Å²) in [7, 11) is 0. The van der Waals surface area contributed by atoms with Crippen LogP contribution in [-0.2, 0) is 16.6 Å². The number of nitrogens with zero attached hydrogens (tertiary/aromatic N) is 2. The van der Waals surface area contributed by atoms with Crippen molar-refractivity contribution in [1.29, 1.82) is 0 Å². The van der Waals surface area contributed by atoms with Crippen LogP contribution in [0.3, 0.4) is 0 Å². The van der Waals surface area contributed by atoms with Crippen molar-refractivity contribution >= 4 is 5.97 Å². The molecule has 2 aromatic rings. The first-order valence-corrected chi connectivity index (χ1v) is 7.49. The lowest BCUT2D eigenvalue weighted by Crippen LogP contribution is -2.20. The van der Waals surface area contributed by atoms with Crippen LogP contribution in [0.4, 0.5) is 0 Å². The van der Waals surface area contributed by atoms with Gasteiger partial charge in [-0.2, -0.15) is 0 Å². The number of carbonyl (C=O) groups is 1. The van der Waals surface area contributed by atoms with Crippen LogP contribution in [0.2, 0.25) is 0 Å². The van der Waals surface area contributed by atoms with E-state index in [4.69, 9.17) is 4.74 Å². The van der Waals surface area contributed by atoms with Crippen molar-refractivity contribution in [3.63, 3.8) is 0 Å². The zero-order valence-electron chi connectivity index (χ0n) is 13.6. The Labute approximate surface area is 131 Å². The van der Waals surface area contributed by atoms with Gasteiger partial charge in [-0.3, -0.25) is 0 Å². The molecule has 0 radical (unpaired) electrons. The minimum Gasteiger partial charge on any atom is -0.462 e. The molecule has 4 nitrogen and oxygen atoms in total. The standard InChI is InChI=1S/C18H22N2O2/c1-5-22-16(21)14-12-19-17(18(2,3)4)20-15(14)11-13-9-7-6-8-10-13/h6-10,12H,5,11H2,1-4H3. The van der Waals surface area contributed by atoms with Crippen molar-refractivity contribution in [2.75, 3.05) is 6.61 Å². The van der Waals surface area contributed by atoms with Crippen LogP contribution in [0.15, 0.2) is 36.5 Å². The van der Waals surface area contributed by atoms with E-state index in [0.717, 1.165) is 11.4 Å². The molecule has 4 heteroatoms. The molecule has 2 rings (SSSR count). The largest absolute Gasteiger partial charge is 0.462 e. The summed E-state index contributed by atoms with van der Waals surface area (Å²) in [6, 6.07) is 9.97. The van der Waals surface area contributed by atoms with E-state index in [-0.39, 0.29) is 11.4 Å². The fourth-order valence-corrected chi connectivity index (χ4v) is 2.08. The van der Waals surface area contributed by atoms with Crippen molar-refractivity contribution in [2.24, 2.45) is 0 Å². The van der Waals surface area contributed by atoms with Crippen LogP contribution in [0, 0.1) is 0 Å². The van der Waals surface area contributed by atoms with E-state index < -0.39 is 0 Å². The number of hydrogen-bond acceptors (Lipinski definition) is 4. The van der Waals surface area contributed by atoms with E-state index in [0.29, 0.717) is 24.3 Å². The molecule has 0 saturated heterocycles. The Morgan fingerprint density at radius 3 is 2.45 bits per heavy atom. The van der Waals surface area contributed by atoms with Crippen LogP contribution in [-0.4, -0.2) is 22.5 Å². The molecule has 0 aliphatic heterocycles. The van der Waals surface area contributed by atoms with Gasteiger partial charge in [0, 0.05) is 18.0 Å². The molecular weight excluding hydrogens is 276 g/mol. The molecule has 0 unspecified atom stereocenters. The maximum Gasteiger partial charge on any atom is 0.341 e. The maximum absolute atomic E-state index is 12.1. The molecule has 0 N–H and O–H groups in total. The number of hydrogen-bond donors (Lipinski definition) is 0. The lowest BCUT2D eigenvalue weighted by atomic mass is 9.95. The summed E-state index contributed by atoms with van der Waals surface area (Å²) >= 11 is 0. The first-order valence-electron chi connectivity index (χ1n) is 7.49. The van der Waals surface area contributed by atoms with Gasteiger partial charge in [0.25, 0.3) is 0 Å². The molecule has 1 aromatic carbocycles. The van der Waals surface area contributed by atoms with Crippen molar-refractivity contribution in [3.8, 4) is 0 Å². The van der Waals surface area contributed by atoms with E-state index in [2.05, 4.69) is 30.7 Å². The predicted octanol–water partition coefficient (Wildman–Crippen LogP) is 3.54. The second-order valence-corrected chi connectivity index (χ2v) is 6.19. The lowest BCUT2D eigenvalue weighted by Gasteiger charge is -2.18. The Bertz CT molecular complexity index is 646. The van der Waals surface area contributed by atoms with Gasteiger partial charge in [0.05, 0.1) is 17.9 Å². The molecular formula is C18H22N2O2. The highest BCUT2D eigenvalue weighted by atomic mass is 16.5. The molecule has 0 saturated carbocycles. The summed E-state index contributed by atoms with van der Waals surface area (Å²) in [6.45, 7) is 8.29. The lowest BCUT2D eigenvalue weighted by molar-refractivity contribution is 0.0524. The Morgan fingerprint density at radius 2 is 1.86 bits per heavy atom. The van der Waals surface area contributed by atoms with Gasteiger partial charge in [0.1, 0.15) is 5.82 Å². The fourth-order valence-electron chi connectivity index (χ4n) is 2.08. The number of benzene rings is 1. The van der Waals surface area contributed by atoms with Gasteiger partial charge in [-0.1, -0.05) is 51.1 Å². The Morgan fingerprint density at radius 1 is 1.18 bits per heavy atom. The molecule has 0 atom stereocenters. The minimum absolute atomic E-state index is 0.168. The second kappa shape index (κ2) is 6.69. The number of aromatic nitrogens is 2. The van der Waals surface area contributed by atoms with Crippen molar-refractivity contribution in [3.05, 3.63) is 59.2 Å². The summed E-state index contributed by atoms with van der Waals surface area (Å²) in [4.78, 5) is 21.1. The first-order chi connectivity index (χ1) is 10.4. The normalized spacial score (nSPS) is 11.3. The third kappa shape index (κ3) is 3.91. The van der Waals surface area contributed by atoms with Gasteiger partial charge in [0.2, 0.25) is 0 Å². The number of ether oxygens (including phenoxy) is 1. The van der Waals surface area contributed by atoms with Crippen molar-refractivity contribution in [2.45, 2.75) is 39.5 Å². The highest BCUT2D eigenvalue weighted by molar-refractivity contribution is 5.90. The molecule has 0 amide bonds. The second-order valence-electron chi connectivity index (χ2n) is 6.19. The first kappa shape index (κ1) is 16.1. The highest BCUT2D eigenvalue weighted by Gasteiger charge is 2.22. The average molecular weight is 298 g/mol. The Kier molecular flexibility index (Phi) is 4.91. The number of rotatable bonds is 4. The summed E-state index contributed by atoms with van der Waals surface area (Å²) in [5, 5.41) is 0. The quantitative estimate of drug-likeness (QED) is 0.810. The summed E-state index contributed by atoms with van der Waals surface area (Å²) in [5.41, 5.74) is 2.09. The molecule has 1 aromatic heterocycles. The maximum atomic E-state index is 12.1. The molecule has 116 valence electrons. The summed E-state index contributed by atoms with van der Waals surface area (Å²) in [5.74, 6) is 0.361. The van der Waals surface area contributed by atoms with Crippen molar-refractivity contribution < 1.29 is 9.53 Å². The molecule has 0 spiro atoms. The smallest absolute Gasteiger partial charge is 0.341 e. The Balaban J connectivity index is 2.43. The summed E-state index contributed by atoms with van der Waals surface area (Å²) < 4.78 is 5.11. The number of esters is 1. The van der Waals surface area contributed by atoms with E-state index in [1.165, 1.54) is 0 Å². The van der Waals surface area contributed by atoms with Gasteiger partial charge >= 0.3 is 5.97 Å². The number of carbonyl (C=O) groups excluding carboxylic acids is 1. The van der Waals surface area contributed by atoms with E-state index in [9.17, 15) is 4.79 Å². The van der Waals surface area contributed by atoms with Crippen LogP contribution in [0.25, 0.3) is 0 Å².